The number of aryl methyl sites for hydroxylation is 1. The Balaban J connectivity index is 1.40. The minimum Gasteiger partial charge on any atom is -0.486 e. The van der Waals surface area contributed by atoms with Crippen LogP contribution in [0.15, 0.2) is 53.8 Å². The fraction of sp³-hybridized carbons (Fsp3) is 0.227. The highest BCUT2D eigenvalue weighted by Crippen LogP contribution is 2.33. The molecule has 0 spiro atoms. The van der Waals surface area contributed by atoms with Gasteiger partial charge in [-0.15, -0.1) is 10.2 Å². The van der Waals surface area contributed by atoms with Crippen molar-refractivity contribution in [3.05, 3.63) is 65.6 Å². The van der Waals surface area contributed by atoms with Crippen LogP contribution in [0.4, 0.5) is 0 Å². The molecule has 0 bridgehead atoms. The Hall–Kier alpha value is -3.26. The Bertz CT molecular complexity index is 1260. The van der Waals surface area contributed by atoms with Crippen LogP contribution in [0.2, 0.25) is 0 Å². The minimum atomic E-state index is 0.0598. The number of benzene rings is 1. The summed E-state index contributed by atoms with van der Waals surface area (Å²) in [4.78, 5) is 13.0. The zero-order valence-corrected chi connectivity index (χ0v) is 17.5. The average Bonchev–Trinajstić information content (AvgIpc) is 3.32. The summed E-state index contributed by atoms with van der Waals surface area (Å²) in [5, 5.41) is 9.03. The number of ether oxygens (including phenoxy) is 2. The second-order valence-corrected chi connectivity index (χ2v) is 8.01. The summed E-state index contributed by atoms with van der Waals surface area (Å²) in [6, 6.07) is 13.5. The summed E-state index contributed by atoms with van der Waals surface area (Å²) in [6.07, 6.45) is 1.90. The molecular formula is C22H20N4O3S. The second-order valence-electron chi connectivity index (χ2n) is 7.07. The summed E-state index contributed by atoms with van der Waals surface area (Å²) < 4.78 is 15.3. The zero-order chi connectivity index (χ0) is 20.7. The molecule has 0 aliphatic carbocycles. The van der Waals surface area contributed by atoms with Gasteiger partial charge in [-0.25, -0.2) is 0 Å². The Morgan fingerprint density at radius 2 is 1.90 bits per heavy atom. The standard InChI is InChI=1S/C22H20N4O3S/c1-14-11-17(18(27)13-30-22-24-23-21-5-3-4-8-25(21)22)15(2)26(14)16-6-7-19-20(12-16)29-10-9-28-19/h3-8,11-12H,9-10,13H2,1-2H3. The van der Waals surface area contributed by atoms with E-state index in [1.807, 2.05) is 66.9 Å². The van der Waals surface area contributed by atoms with Crippen molar-refractivity contribution >= 4 is 23.2 Å². The molecule has 0 saturated heterocycles. The summed E-state index contributed by atoms with van der Waals surface area (Å²) in [7, 11) is 0. The third-order valence-corrected chi connectivity index (χ3v) is 6.07. The van der Waals surface area contributed by atoms with Gasteiger partial charge in [0.1, 0.15) is 13.2 Å². The number of rotatable bonds is 5. The van der Waals surface area contributed by atoms with Crippen LogP contribution in [-0.4, -0.2) is 43.9 Å². The molecule has 0 amide bonds. The molecule has 0 unspecified atom stereocenters. The minimum absolute atomic E-state index is 0.0598. The highest BCUT2D eigenvalue weighted by atomic mass is 32.2. The van der Waals surface area contributed by atoms with Gasteiger partial charge in [0.25, 0.3) is 0 Å². The lowest BCUT2D eigenvalue weighted by Gasteiger charge is -2.20. The molecular weight excluding hydrogens is 400 g/mol. The lowest BCUT2D eigenvalue weighted by molar-refractivity contribution is 0.102. The number of aromatic nitrogens is 4. The molecule has 0 radical (unpaired) electrons. The summed E-state index contributed by atoms with van der Waals surface area (Å²) in [5.41, 5.74) is 4.32. The number of fused-ring (bicyclic) bond motifs is 2. The highest BCUT2D eigenvalue weighted by Gasteiger charge is 2.20. The van der Waals surface area contributed by atoms with Crippen molar-refractivity contribution in [3.8, 4) is 17.2 Å². The van der Waals surface area contributed by atoms with E-state index in [1.165, 1.54) is 11.8 Å². The molecule has 1 aliphatic heterocycles. The summed E-state index contributed by atoms with van der Waals surface area (Å²) in [5.74, 6) is 1.83. The van der Waals surface area contributed by atoms with Gasteiger partial charge in [0, 0.05) is 34.9 Å². The Labute approximate surface area is 177 Å². The van der Waals surface area contributed by atoms with Gasteiger partial charge in [-0.1, -0.05) is 17.8 Å². The maximum Gasteiger partial charge on any atom is 0.196 e. The first-order chi connectivity index (χ1) is 14.6. The molecule has 3 aromatic heterocycles. The van der Waals surface area contributed by atoms with Gasteiger partial charge >= 0.3 is 0 Å². The number of nitrogens with zero attached hydrogens (tertiary/aromatic N) is 4. The second kappa shape index (κ2) is 7.53. The molecule has 5 rings (SSSR count). The van der Waals surface area contributed by atoms with E-state index in [2.05, 4.69) is 14.8 Å². The molecule has 4 heterocycles. The molecule has 7 nitrogen and oxygen atoms in total. The molecule has 30 heavy (non-hydrogen) atoms. The number of carbonyl (C=O) groups excluding carboxylic acids is 1. The van der Waals surface area contributed by atoms with E-state index in [9.17, 15) is 4.79 Å². The van der Waals surface area contributed by atoms with Crippen LogP contribution in [-0.2, 0) is 0 Å². The summed E-state index contributed by atoms with van der Waals surface area (Å²) in [6.45, 7) is 5.07. The average molecular weight is 420 g/mol. The molecule has 0 atom stereocenters. The third kappa shape index (κ3) is 3.23. The largest absolute Gasteiger partial charge is 0.486 e. The Morgan fingerprint density at radius 3 is 2.77 bits per heavy atom. The van der Waals surface area contributed by atoms with Gasteiger partial charge in [-0.05, 0) is 44.2 Å². The van der Waals surface area contributed by atoms with Gasteiger partial charge in [0.15, 0.2) is 28.1 Å². The SMILES string of the molecule is Cc1cc(C(=O)CSc2nnc3ccccn23)c(C)n1-c1ccc2c(c1)OCCO2. The smallest absolute Gasteiger partial charge is 0.196 e. The lowest BCUT2D eigenvalue weighted by atomic mass is 10.2. The fourth-order valence-corrected chi connectivity index (χ4v) is 4.55. The Morgan fingerprint density at radius 1 is 1.07 bits per heavy atom. The van der Waals surface area contributed by atoms with Crippen LogP contribution in [0.25, 0.3) is 11.3 Å². The number of thioether (sulfide) groups is 1. The highest BCUT2D eigenvalue weighted by molar-refractivity contribution is 7.99. The number of Topliss-reactive ketones (excluding diaryl/α,β-unsaturated/α-hetero) is 1. The number of ketones is 1. The summed E-state index contributed by atoms with van der Waals surface area (Å²) >= 11 is 1.39. The monoisotopic (exact) mass is 420 g/mol. The first-order valence-electron chi connectivity index (χ1n) is 9.66. The van der Waals surface area contributed by atoms with E-state index in [1.54, 1.807) is 0 Å². The van der Waals surface area contributed by atoms with Crippen molar-refractivity contribution in [1.82, 2.24) is 19.2 Å². The van der Waals surface area contributed by atoms with E-state index < -0.39 is 0 Å². The zero-order valence-electron chi connectivity index (χ0n) is 16.7. The number of hydrogen-bond acceptors (Lipinski definition) is 6. The molecule has 1 aromatic carbocycles. The van der Waals surface area contributed by atoms with Crippen LogP contribution in [0.1, 0.15) is 21.7 Å². The van der Waals surface area contributed by atoms with Gasteiger partial charge in [-0.3, -0.25) is 9.20 Å². The van der Waals surface area contributed by atoms with Crippen molar-refractivity contribution in [2.24, 2.45) is 0 Å². The molecule has 0 fully saturated rings. The van der Waals surface area contributed by atoms with E-state index >= 15 is 0 Å². The van der Waals surface area contributed by atoms with Gasteiger partial charge in [0.05, 0.1) is 5.75 Å². The van der Waals surface area contributed by atoms with E-state index in [-0.39, 0.29) is 5.78 Å². The fourth-order valence-electron chi connectivity index (χ4n) is 3.74. The van der Waals surface area contributed by atoms with Gasteiger partial charge in [-0.2, -0.15) is 0 Å². The van der Waals surface area contributed by atoms with Crippen LogP contribution < -0.4 is 9.47 Å². The maximum absolute atomic E-state index is 13.0. The van der Waals surface area contributed by atoms with Crippen LogP contribution in [0, 0.1) is 13.8 Å². The molecule has 152 valence electrons. The van der Waals surface area contributed by atoms with Crippen molar-refractivity contribution < 1.29 is 14.3 Å². The number of hydrogen-bond donors (Lipinski definition) is 0. The number of carbonyl (C=O) groups is 1. The maximum atomic E-state index is 13.0. The first kappa shape index (κ1) is 18.7. The van der Waals surface area contributed by atoms with E-state index in [4.69, 9.17) is 9.47 Å². The molecule has 4 aromatic rings. The molecule has 0 N–H and O–H groups in total. The van der Waals surface area contributed by atoms with Gasteiger partial charge in [0.2, 0.25) is 0 Å². The van der Waals surface area contributed by atoms with Crippen molar-refractivity contribution in [2.45, 2.75) is 19.0 Å². The van der Waals surface area contributed by atoms with Crippen LogP contribution >= 0.6 is 11.8 Å². The predicted molar refractivity (Wildman–Crippen MR) is 114 cm³/mol. The quantitative estimate of drug-likeness (QED) is 0.360. The third-order valence-electron chi connectivity index (χ3n) is 5.13. The predicted octanol–water partition coefficient (Wildman–Crippen LogP) is 3.88. The van der Waals surface area contributed by atoms with E-state index in [0.717, 1.165) is 34.2 Å². The first-order valence-corrected chi connectivity index (χ1v) is 10.6. The van der Waals surface area contributed by atoms with E-state index in [0.29, 0.717) is 29.7 Å². The van der Waals surface area contributed by atoms with Crippen LogP contribution in [0.5, 0.6) is 11.5 Å². The Kier molecular flexibility index (Phi) is 4.71. The topological polar surface area (TPSA) is 70.7 Å². The molecule has 0 saturated carbocycles. The molecule has 8 heteroatoms. The lowest BCUT2D eigenvalue weighted by Crippen LogP contribution is -2.15. The molecule has 1 aliphatic rings. The van der Waals surface area contributed by atoms with Crippen molar-refractivity contribution in [3.63, 3.8) is 0 Å². The normalized spacial score (nSPS) is 13.0. The van der Waals surface area contributed by atoms with Crippen molar-refractivity contribution in [1.29, 1.82) is 0 Å². The number of pyridine rings is 1. The van der Waals surface area contributed by atoms with Crippen molar-refractivity contribution in [2.75, 3.05) is 19.0 Å². The van der Waals surface area contributed by atoms with Gasteiger partial charge < -0.3 is 14.0 Å². The van der Waals surface area contributed by atoms with Crippen LogP contribution in [0.3, 0.4) is 0 Å².